The molecule has 8 heteroatoms. The molecule has 42 heavy (non-hydrogen) atoms. The number of carboxylic acid groups (broad SMARTS) is 1. The van der Waals surface area contributed by atoms with E-state index in [-0.39, 0.29) is 23.3 Å². The van der Waals surface area contributed by atoms with Gasteiger partial charge in [0.15, 0.2) is 0 Å². The number of hydrogen-bond acceptors (Lipinski definition) is 5. The minimum Gasteiger partial charge on any atom is -0.496 e. The molecule has 212 valence electrons. The molecule has 0 spiro atoms. The van der Waals surface area contributed by atoms with Crippen molar-refractivity contribution in [3.05, 3.63) is 118 Å². The molecule has 4 aromatic rings. The Kier molecular flexibility index (Phi) is 7.12. The summed E-state index contributed by atoms with van der Waals surface area (Å²) in [6.07, 6.45) is 2.55. The van der Waals surface area contributed by atoms with Crippen molar-refractivity contribution in [3.63, 3.8) is 0 Å². The van der Waals surface area contributed by atoms with Gasteiger partial charge in [-0.05, 0) is 89.5 Å². The smallest absolute Gasteiger partial charge is 0.336 e. The van der Waals surface area contributed by atoms with Gasteiger partial charge in [-0.3, -0.25) is 10.2 Å². The number of nitrogens with zero attached hydrogens (tertiary/aromatic N) is 1. The molecule has 6 rings (SSSR count). The van der Waals surface area contributed by atoms with Gasteiger partial charge in [-0.1, -0.05) is 36.4 Å². The first kappa shape index (κ1) is 27.1. The van der Waals surface area contributed by atoms with Gasteiger partial charge in [0, 0.05) is 35.5 Å². The fourth-order valence-electron chi connectivity index (χ4n) is 6.23. The first-order chi connectivity index (χ1) is 20.3. The van der Waals surface area contributed by atoms with Crippen molar-refractivity contribution in [1.29, 1.82) is 5.41 Å². The molecule has 1 heterocycles. The Morgan fingerprint density at radius 2 is 1.83 bits per heavy atom. The zero-order valence-electron chi connectivity index (χ0n) is 23.3. The van der Waals surface area contributed by atoms with Crippen molar-refractivity contribution in [2.75, 3.05) is 18.6 Å². The predicted octanol–water partition coefficient (Wildman–Crippen LogP) is 5.32. The van der Waals surface area contributed by atoms with Gasteiger partial charge in [0.1, 0.15) is 11.6 Å². The van der Waals surface area contributed by atoms with Gasteiger partial charge in [-0.25, -0.2) is 4.79 Å². The van der Waals surface area contributed by atoms with E-state index in [0.717, 1.165) is 36.1 Å². The number of amidine groups is 1. The van der Waals surface area contributed by atoms with Crippen LogP contribution < -0.4 is 20.7 Å². The van der Waals surface area contributed by atoms with E-state index in [4.69, 9.17) is 15.9 Å². The Morgan fingerprint density at radius 1 is 1.00 bits per heavy atom. The summed E-state index contributed by atoms with van der Waals surface area (Å²) in [5.41, 5.74) is 13.1. The predicted molar refractivity (Wildman–Crippen MR) is 163 cm³/mol. The van der Waals surface area contributed by atoms with Gasteiger partial charge in [0.05, 0.1) is 18.7 Å². The Morgan fingerprint density at radius 3 is 2.62 bits per heavy atom. The first-order valence-electron chi connectivity index (χ1n) is 14.0. The fourth-order valence-corrected chi connectivity index (χ4v) is 6.23. The summed E-state index contributed by atoms with van der Waals surface area (Å²) in [6.45, 7) is 1.02. The molecule has 0 aromatic heterocycles. The number of carbonyl (C=O) groups is 2. The maximum absolute atomic E-state index is 13.3. The second-order valence-electron chi connectivity index (χ2n) is 10.7. The lowest BCUT2D eigenvalue weighted by Gasteiger charge is -2.24. The molecular weight excluding hydrogens is 528 g/mol. The number of amides is 1. The number of nitrogen functional groups attached to an aromatic ring is 1. The quantitative estimate of drug-likeness (QED) is 0.170. The van der Waals surface area contributed by atoms with E-state index in [1.807, 2.05) is 36.4 Å². The van der Waals surface area contributed by atoms with E-state index in [2.05, 4.69) is 22.3 Å². The summed E-state index contributed by atoms with van der Waals surface area (Å²) in [6, 6.07) is 24.4. The van der Waals surface area contributed by atoms with Gasteiger partial charge >= 0.3 is 5.97 Å². The van der Waals surface area contributed by atoms with Gasteiger partial charge in [0.25, 0.3) is 5.91 Å². The number of ether oxygens (including phenoxy) is 1. The van der Waals surface area contributed by atoms with Crippen LogP contribution in [0.1, 0.15) is 61.0 Å². The Bertz CT molecular complexity index is 1730. The first-order valence-corrected chi connectivity index (χ1v) is 14.0. The largest absolute Gasteiger partial charge is 0.496 e. The van der Waals surface area contributed by atoms with Gasteiger partial charge < -0.3 is 25.8 Å². The molecule has 0 saturated carbocycles. The van der Waals surface area contributed by atoms with Crippen LogP contribution in [0.4, 0.5) is 5.69 Å². The summed E-state index contributed by atoms with van der Waals surface area (Å²) in [7, 11) is 1.54. The SMILES string of the molecule is COc1ccc(-c2cccc(C(=O)NC3CCc4ccccc43)c2)c(C(=O)O)c1CN1CCc2cc(C(=N)N)ccc21. The van der Waals surface area contributed by atoms with Gasteiger partial charge in [-0.15, -0.1) is 0 Å². The zero-order valence-corrected chi connectivity index (χ0v) is 23.3. The number of benzene rings is 4. The van der Waals surface area contributed by atoms with Crippen molar-refractivity contribution < 1.29 is 19.4 Å². The molecule has 1 aliphatic heterocycles. The molecule has 1 aliphatic carbocycles. The number of aryl methyl sites for hydroxylation is 1. The Hall–Kier alpha value is -5.11. The Labute approximate surface area is 244 Å². The number of anilines is 1. The van der Waals surface area contributed by atoms with Gasteiger partial charge in [-0.2, -0.15) is 0 Å². The average molecular weight is 561 g/mol. The normalized spacial score (nSPS) is 15.2. The molecule has 1 atom stereocenters. The van der Waals surface area contributed by atoms with E-state index in [9.17, 15) is 14.7 Å². The highest BCUT2D eigenvalue weighted by atomic mass is 16.5. The zero-order chi connectivity index (χ0) is 29.4. The summed E-state index contributed by atoms with van der Waals surface area (Å²) in [5, 5.41) is 21.4. The van der Waals surface area contributed by atoms with Crippen molar-refractivity contribution in [2.24, 2.45) is 5.73 Å². The van der Waals surface area contributed by atoms with E-state index < -0.39 is 5.97 Å². The molecule has 5 N–H and O–H groups in total. The lowest BCUT2D eigenvalue weighted by Crippen LogP contribution is -2.27. The second-order valence-corrected chi connectivity index (χ2v) is 10.7. The van der Waals surface area contributed by atoms with E-state index in [0.29, 0.717) is 46.7 Å². The minimum absolute atomic E-state index is 0.0164. The average Bonchev–Trinajstić information content (AvgIpc) is 3.60. The number of aromatic carboxylic acids is 1. The molecule has 4 aromatic carbocycles. The molecule has 0 saturated heterocycles. The van der Waals surface area contributed by atoms with Crippen molar-refractivity contribution >= 4 is 23.4 Å². The molecule has 0 bridgehead atoms. The Balaban J connectivity index is 1.32. The number of nitrogens with one attached hydrogen (secondary N) is 2. The number of methoxy groups -OCH3 is 1. The highest BCUT2D eigenvalue weighted by Gasteiger charge is 2.27. The number of carboxylic acids is 1. The summed E-state index contributed by atoms with van der Waals surface area (Å²) in [5.74, 6) is -0.757. The third-order valence-corrected chi connectivity index (χ3v) is 8.31. The number of carbonyl (C=O) groups excluding carboxylic acids is 1. The highest BCUT2D eigenvalue weighted by molar-refractivity contribution is 6.01. The number of fused-ring (bicyclic) bond motifs is 2. The van der Waals surface area contributed by atoms with Crippen molar-refractivity contribution in [3.8, 4) is 16.9 Å². The molecule has 8 nitrogen and oxygen atoms in total. The summed E-state index contributed by atoms with van der Waals surface area (Å²) < 4.78 is 5.64. The van der Waals surface area contributed by atoms with Crippen LogP contribution >= 0.6 is 0 Å². The molecule has 1 amide bonds. The molecule has 1 unspecified atom stereocenters. The van der Waals surface area contributed by atoms with Crippen LogP contribution in [-0.4, -0.2) is 36.5 Å². The van der Waals surface area contributed by atoms with E-state index in [1.54, 1.807) is 30.3 Å². The molecular formula is C34H32N4O4. The number of nitrogens with two attached hydrogens (primary N) is 1. The second kappa shape index (κ2) is 11.0. The highest BCUT2D eigenvalue weighted by Crippen LogP contribution is 2.37. The van der Waals surface area contributed by atoms with Crippen LogP contribution in [0.15, 0.2) is 78.9 Å². The number of rotatable bonds is 8. The van der Waals surface area contributed by atoms with E-state index in [1.165, 1.54) is 12.7 Å². The van der Waals surface area contributed by atoms with Crippen LogP contribution in [0.3, 0.4) is 0 Å². The molecule has 2 aliphatic rings. The van der Waals surface area contributed by atoms with Crippen LogP contribution in [0.2, 0.25) is 0 Å². The standard InChI is InChI=1S/C34H32N4O4/c1-42-30-14-11-26(21-6-4-7-24(17-21)33(39)37-28-12-9-20-5-2-3-8-25(20)28)31(34(40)41)27(30)19-38-16-15-22-18-23(32(35)36)10-13-29(22)38/h2-8,10-11,13-14,17-18,28H,9,12,15-16,19H2,1H3,(H3,35,36)(H,37,39)(H,40,41). The van der Waals surface area contributed by atoms with Crippen molar-refractivity contribution in [2.45, 2.75) is 31.8 Å². The third kappa shape index (κ3) is 4.96. The van der Waals surface area contributed by atoms with Crippen molar-refractivity contribution in [1.82, 2.24) is 5.32 Å². The molecule has 0 radical (unpaired) electrons. The minimum atomic E-state index is -1.07. The topological polar surface area (TPSA) is 129 Å². The maximum atomic E-state index is 13.3. The lowest BCUT2D eigenvalue weighted by molar-refractivity contribution is 0.0695. The number of hydrogen-bond donors (Lipinski definition) is 4. The van der Waals surface area contributed by atoms with Crippen LogP contribution in [0.5, 0.6) is 5.75 Å². The van der Waals surface area contributed by atoms with Crippen LogP contribution in [0.25, 0.3) is 11.1 Å². The molecule has 0 fully saturated rings. The maximum Gasteiger partial charge on any atom is 0.336 e. The van der Waals surface area contributed by atoms with Crippen LogP contribution in [-0.2, 0) is 19.4 Å². The summed E-state index contributed by atoms with van der Waals surface area (Å²) in [4.78, 5) is 28.2. The van der Waals surface area contributed by atoms with Crippen LogP contribution in [0, 0.1) is 5.41 Å². The third-order valence-electron chi connectivity index (χ3n) is 8.31. The monoisotopic (exact) mass is 560 g/mol. The lowest BCUT2D eigenvalue weighted by atomic mass is 9.93. The summed E-state index contributed by atoms with van der Waals surface area (Å²) >= 11 is 0. The fraction of sp³-hybridized carbons (Fsp3) is 0.206. The van der Waals surface area contributed by atoms with Gasteiger partial charge in [0.2, 0.25) is 0 Å². The van der Waals surface area contributed by atoms with E-state index >= 15 is 0 Å².